The first kappa shape index (κ1) is 31.2. The van der Waals surface area contributed by atoms with Crippen molar-refractivity contribution < 1.29 is 123 Å². The molecule has 0 rings (SSSR count). The molecule has 4 nitrogen and oxygen atoms in total. The third-order valence-corrected chi connectivity index (χ3v) is 3.79. The van der Waals surface area contributed by atoms with E-state index in [2.05, 4.69) is 25.3 Å². The van der Waals surface area contributed by atoms with Crippen molar-refractivity contribution in [2.45, 2.75) is 71.1 Å². The predicted octanol–water partition coefficient (Wildman–Crippen LogP) is -4.16. The van der Waals surface area contributed by atoms with Crippen molar-refractivity contribution in [2.75, 3.05) is 0 Å². The summed E-state index contributed by atoms with van der Waals surface area (Å²) < 4.78 is 0. The molecular formula is C19H28K2O4. The third kappa shape index (κ3) is 20.1. The molecule has 0 N–H and O–H groups in total. The van der Waals surface area contributed by atoms with Crippen molar-refractivity contribution in [1.29, 1.82) is 0 Å². The number of carbonyl (C=O) groups is 2. The Kier molecular flexibility index (Phi) is 27.2. The van der Waals surface area contributed by atoms with E-state index in [4.69, 9.17) is 0 Å². The van der Waals surface area contributed by atoms with Crippen LogP contribution in [0.25, 0.3) is 0 Å². The number of carbonyl (C=O) groups excluding carboxylic acids is 2. The first-order chi connectivity index (χ1) is 11.0. The Morgan fingerprint density at radius 1 is 1.08 bits per heavy atom. The fraction of sp³-hybridized carbons (Fsp3) is 0.684. The van der Waals surface area contributed by atoms with Crippen molar-refractivity contribution >= 4 is 11.9 Å². The molecule has 0 bridgehead atoms. The van der Waals surface area contributed by atoms with E-state index < -0.39 is 24.3 Å². The van der Waals surface area contributed by atoms with Gasteiger partial charge in [0.25, 0.3) is 0 Å². The summed E-state index contributed by atoms with van der Waals surface area (Å²) in [5.74, 6) is 1.46. The van der Waals surface area contributed by atoms with Gasteiger partial charge in [-0.05, 0) is 18.8 Å². The number of carboxylic acid groups (broad SMARTS) is 2. The number of hydrogen-bond donors (Lipinski definition) is 0. The van der Waals surface area contributed by atoms with Gasteiger partial charge in [-0.2, -0.15) is 0 Å². The molecule has 0 saturated carbocycles. The van der Waals surface area contributed by atoms with E-state index in [1.54, 1.807) is 0 Å². The summed E-state index contributed by atoms with van der Waals surface area (Å²) in [6.45, 7) is 5.94. The second-order valence-corrected chi connectivity index (χ2v) is 5.92. The van der Waals surface area contributed by atoms with E-state index in [9.17, 15) is 19.8 Å². The van der Waals surface area contributed by atoms with Gasteiger partial charge in [-0.15, -0.1) is 12.5 Å². The maximum Gasteiger partial charge on any atom is 1.00 e. The molecule has 0 aromatic heterocycles. The molecule has 2 unspecified atom stereocenters. The number of aliphatic carboxylic acids is 2. The molecule has 0 heterocycles. The minimum Gasteiger partial charge on any atom is -0.550 e. The maximum atomic E-state index is 10.8. The Hall–Kier alpha value is 1.51. The Labute approximate surface area is 237 Å². The topological polar surface area (TPSA) is 80.3 Å². The summed E-state index contributed by atoms with van der Waals surface area (Å²) in [4.78, 5) is 21.3. The Bertz CT molecular complexity index is 427. The molecule has 2 atom stereocenters. The van der Waals surface area contributed by atoms with Gasteiger partial charge in [0.1, 0.15) is 0 Å². The number of allylic oxidation sites excluding steroid dienone is 1. The van der Waals surface area contributed by atoms with Crippen LogP contribution in [0.3, 0.4) is 0 Å². The van der Waals surface area contributed by atoms with Crippen LogP contribution >= 0.6 is 0 Å². The second kappa shape index (κ2) is 21.8. The van der Waals surface area contributed by atoms with Crippen LogP contribution in [-0.4, -0.2) is 11.9 Å². The molecule has 130 valence electrons. The molecule has 6 heteroatoms. The summed E-state index contributed by atoms with van der Waals surface area (Å²) in [5, 5.41) is 21.3. The minimum atomic E-state index is -1.46. The zero-order valence-corrected chi connectivity index (χ0v) is 22.4. The number of rotatable bonds is 13. The smallest absolute Gasteiger partial charge is 0.550 e. The van der Waals surface area contributed by atoms with Gasteiger partial charge in [-0.3, -0.25) is 0 Å². The maximum absolute atomic E-state index is 10.8. The minimum absolute atomic E-state index is 0. The van der Waals surface area contributed by atoms with Gasteiger partial charge >= 0.3 is 103 Å². The van der Waals surface area contributed by atoms with Gasteiger partial charge in [0.05, 0.1) is 11.9 Å². The van der Waals surface area contributed by atoms with E-state index in [1.807, 2.05) is 6.08 Å². The van der Waals surface area contributed by atoms with E-state index in [-0.39, 0.29) is 103 Å². The van der Waals surface area contributed by atoms with Crippen molar-refractivity contribution in [1.82, 2.24) is 0 Å². The Balaban J connectivity index is -0.00000242. The molecule has 0 radical (unpaired) electrons. The van der Waals surface area contributed by atoms with Crippen molar-refractivity contribution in [3.8, 4) is 11.8 Å². The van der Waals surface area contributed by atoms with Crippen LogP contribution in [0.5, 0.6) is 0 Å². The van der Waals surface area contributed by atoms with Crippen molar-refractivity contribution in [3.05, 3.63) is 12.7 Å². The molecule has 0 aromatic rings. The first-order valence-electron chi connectivity index (χ1n) is 8.51. The molecule has 0 amide bonds. The zero-order valence-electron chi connectivity index (χ0n) is 16.1. The van der Waals surface area contributed by atoms with E-state index in [0.717, 1.165) is 19.3 Å². The SMILES string of the molecule is C=CCC(CC#CC(CC(=O)[O-])C(=O)[O-])CCCCCCCC.[K+].[K+]. The average Bonchev–Trinajstić information content (AvgIpc) is 2.49. The van der Waals surface area contributed by atoms with Crippen molar-refractivity contribution in [3.63, 3.8) is 0 Å². The first-order valence-corrected chi connectivity index (χ1v) is 8.51. The molecule has 0 aliphatic heterocycles. The Morgan fingerprint density at radius 3 is 2.20 bits per heavy atom. The molecule has 0 aromatic carbocycles. The molecule has 0 fully saturated rings. The fourth-order valence-electron chi connectivity index (χ4n) is 2.44. The van der Waals surface area contributed by atoms with Crippen LogP contribution in [0.15, 0.2) is 12.7 Å². The molecule has 0 saturated heterocycles. The monoisotopic (exact) mass is 398 g/mol. The van der Waals surface area contributed by atoms with Crippen LogP contribution in [0.1, 0.15) is 71.1 Å². The summed E-state index contributed by atoms with van der Waals surface area (Å²) in [6.07, 6.45) is 11.0. The quantitative estimate of drug-likeness (QED) is 0.136. The number of hydrogen-bond acceptors (Lipinski definition) is 4. The van der Waals surface area contributed by atoms with Crippen LogP contribution in [0.2, 0.25) is 0 Å². The van der Waals surface area contributed by atoms with Crippen LogP contribution in [0.4, 0.5) is 0 Å². The van der Waals surface area contributed by atoms with Gasteiger partial charge in [0, 0.05) is 18.8 Å². The molecule has 25 heavy (non-hydrogen) atoms. The van der Waals surface area contributed by atoms with E-state index in [1.165, 1.54) is 32.1 Å². The average molecular weight is 399 g/mol. The molecule has 0 spiro atoms. The zero-order chi connectivity index (χ0) is 17.5. The third-order valence-electron chi connectivity index (χ3n) is 3.79. The van der Waals surface area contributed by atoms with E-state index in [0.29, 0.717) is 12.3 Å². The fourth-order valence-corrected chi connectivity index (χ4v) is 2.44. The standard InChI is InChI=1S/C19H30O4.2K/c1-3-5-6-7-8-9-12-16(11-4-2)13-10-14-17(19(22)23)15-18(20)21;;/h4,16-17H,2-3,5-9,11-13,15H2,1H3,(H,20,21)(H,22,23);;/q;2*+1/p-2. The predicted molar refractivity (Wildman–Crippen MR) is 86.8 cm³/mol. The largest absolute Gasteiger partial charge is 1.00 e. The normalized spacial score (nSPS) is 11.7. The molecule has 0 aliphatic rings. The van der Waals surface area contributed by atoms with Gasteiger partial charge in [-0.25, -0.2) is 0 Å². The number of unbranched alkanes of at least 4 members (excludes halogenated alkanes) is 5. The molecule has 0 aliphatic carbocycles. The summed E-state index contributed by atoms with van der Waals surface area (Å²) in [5.41, 5.74) is 0. The summed E-state index contributed by atoms with van der Waals surface area (Å²) >= 11 is 0. The summed E-state index contributed by atoms with van der Waals surface area (Å²) in [6, 6.07) is 0. The van der Waals surface area contributed by atoms with Gasteiger partial charge in [-0.1, -0.05) is 57.4 Å². The van der Waals surface area contributed by atoms with Gasteiger partial charge in [0.15, 0.2) is 0 Å². The van der Waals surface area contributed by atoms with Gasteiger partial charge in [0.2, 0.25) is 0 Å². The van der Waals surface area contributed by atoms with Crippen molar-refractivity contribution in [2.24, 2.45) is 11.8 Å². The molecular weight excluding hydrogens is 370 g/mol. The van der Waals surface area contributed by atoms with Crippen LogP contribution in [-0.2, 0) is 9.59 Å². The Morgan fingerprint density at radius 2 is 1.68 bits per heavy atom. The van der Waals surface area contributed by atoms with Crippen LogP contribution in [0, 0.1) is 23.7 Å². The van der Waals surface area contributed by atoms with E-state index >= 15 is 0 Å². The summed E-state index contributed by atoms with van der Waals surface area (Å²) in [7, 11) is 0. The second-order valence-electron chi connectivity index (χ2n) is 5.92. The van der Waals surface area contributed by atoms with Crippen LogP contribution < -0.4 is 113 Å². The number of carboxylic acids is 2. The van der Waals surface area contributed by atoms with Gasteiger partial charge < -0.3 is 19.8 Å².